The predicted octanol–water partition coefficient (Wildman–Crippen LogP) is 3.36. The Labute approximate surface area is 86.1 Å². The molecule has 0 saturated carbocycles. The first-order valence-corrected chi connectivity index (χ1v) is 5.18. The van der Waals surface area contributed by atoms with Crippen LogP contribution in [-0.2, 0) is 0 Å². The Hall–Kier alpha value is -1.24. The molecule has 1 nitrogen and oxygen atoms in total. The van der Waals surface area contributed by atoms with E-state index >= 15 is 0 Å². The number of nitrogens with zero attached hydrogens (tertiary/aromatic N) is 1. The lowest BCUT2D eigenvalue weighted by Gasteiger charge is -2.13. The summed E-state index contributed by atoms with van der Waals surface area (Å²) in [6, 6.07) is 11.2. The normalized spacial score (nSPS) is 16.8. The third kappa shape index (κ3) is 1.67. The van der Waals surface area contributed by atoms with Crippen molar-refractivity contribution in [3.05, 3.63) is 47.2 Å². The van der Waals surface area contributed by atoms with Crippen molar-refractivity contribution in [1.29, 1.82) is 0 Å². The van der Waals surface area contributed by atoms with Crippen LogP contribution in [0.2, 0.25) is 0 Å². The van der Waals surface area contributed by atoms with E-state index in [0.717, 1.165) is 6.54 Å². The van der Waals surface area contributed by atoms with Crippen LogP contribution < -0.4 is 0 Å². The van der Waals surface area contributed by atoms with Crippen LogP contribution in [0.15, 0.2) is 41.6 Å². The summed E-state index contributed by atoms with van der Waals surface area (Å²) >= 11 is 0. The smallest absolute Gasteiger partial charge is 0.0582 e. The molecule has 14 heavy (non-hydrogen) atoms. The Kier molecular flexibility index (Phi) is 2.32. The molecule has 1 heterocycles. The fourth-order valence-corrected chi connectivity index (χ4v) is 1.85. The largest absolute Gasteiger partial charge is 0.361 e. The van der Waals surface area contributed by atoms with E-state index in [1.54, 1.807) is 0 Å². The molecule has 74 valence electrons. The summed E-state index contributed by atoms with van der Waals surface area (Å²) in [4.78, 5) is 2.45. The average Bonchev–Trinajstić information content (AvgIpc) is 2.97. The topological polar surface area (TPSA) is 3.01 Å². The van der Waals surface area contributed by atoms with Crippen molar-refractivity contribution in [3.8, 4) is 0 Å². The van der Waals surface area contributed by atoms with Gasteiger partial charge in [-0.15, -0.1) is 0 Å². The second kappa shape index (κ2) is 3.49. The molecule has 0 aromatic heterocycles. The minimum atomic E-state index is 0.529. The first-order chi connectivity index (χ1) is 6.70. The van der Waals surface area contributed by atoms with Crippen molar-refractivity contribution in [2.75, 3.05) is 6.54 Å². The van der Waals surface area contributed by atoms with Gasteiger partial charge >= 0.3 is 0 Å². The first-order valence-electron chi connectivity index (χ1n) is 5.18. The van der Waals surface area contributed by atoms with Crippen LogP contribution in [0.25, 0.3) is 0 Å². The van der Waals surface area contributed by atoms with E-state index in [-0.39, 0.29) is 0 Å². The summed E-state index contributed by atoms with van der Waals surface area (Å²) in [5.41, 5.74) is 4.37. The van der Waals surface area contributed by atoms with Gasteiger partial charge in [0.1, 0.15) is 0 Å². The average molecular weight is 187 g/mol. The van der Waals surface area contributed by atoms with E-state index in [1.807, 2.05) is 0 Å². The van der Waals surface area contributed by atoms with Gasteiger partial charge in [-0.05, 0) is 26.3 Å². The Morgan fingerprint density at radius 3 is 2.36 bits per heavy atom. The molecule has 0 spiro atoms. The summed E-state index contributed by atoms with van der Waals surface area (Å²) < 4.78 is 0. The van der Waals surface area contributed by atoms with Gasteiger partial charge in [0.15, 0.2) is 0 Å². The molecule has 0 aliphatic carbocycles. The molecule has 1 aliphatic heterocycles. The molecule has 1 aromatic rings. The van der Waals surface area contributed by atoms with E-state index in [4.69, 9.17) is 0 Å². The van der Waals surface area contributed by atoms with E-state index in [2.05, 4.69) is 56.0 Å². The summed E-state index contributed by atoms with van der Waals surface area (Å²) in [6.07, 6.45) is 0. The van der Waals surface area contributed by atoms with Gasteiger partial charge in [0.05, 0.1) is 12.6 Å². The Balaban J connectivity index is 2.13. The second-order valence-electron chi connectivity index (χ2n) is 4.16. The van der Waals surface area contributed by atoms with Crippen LogP contribution >= 0.6 is 0 Å². The Morgan fingerprint density at radius 2 is 1.86 bits per heavy atom. The van der Waals surface area contributed by atoms with Gasteiger partial charge < -0.3 is 4.90 Å². The van der Waals surface area contributed by atoms with E-state index < -0.39 is 0 Å². The highest BCUT2D eigenvalue weighted by Crippen LogP contribution is 2.36. The molecule has 1 fully saturated rings. The van der Waals surface area contributed by atoms with Gasteiger partial charge in [-0.25, -0.2) is 0 Å². The predicted molar refractivity (Wildman–Crippen MR) is 59.9 cm³/mol. The third-order valence-electron chi connectivity index (χ3n) is 2.89. The summed E-state index contributed by atoms with van der Waals surface area (Å²) in [6.45, 7) is 7.80. The Morgan fingerprint density at radius 1 is 1.21 bits per heavy atom. The van der Waals surface area contributed by atoms with Crippen molar-refractivity contribution in [1.82, 2.24) is 4.90 Å². The first kappa shape index (κ1) is 9.32. The van der Waals surface area contributed by atoms with Gasteiger partial charge in [-0.1, -0.05) is 35.9 Å². The molecule has 0 N–H and O–H groups in total. The minimum absolute atomic E-state index is 0.529. The van der Waals surface area contributed by atoms with Crippen molar-refractivity contribution in [2.45, 2.75) is 26.8 Å². The maximum atomic E-state index is 2.45. The van der Waals surface area contributed by atoms with Crippen LogP contribution in [0.1, 0.15) is 32.4 Å². The maximum absolute atomic E-state index is 2.45. The highest BCUT2D eigenvalue weighted by Gasteiger charge is 2.31. The molecule has 0 radical (unpaired) electrons. The number of hydrogen-bond donors (Lipinski definition) is 0. The molecule has 1 saturated heterocycles. The molecule has 0 bridgehead atoms. The monoisotopic (exact) mass is 187 g/mol. The number of benzene rings is 1. The highest BCUT2D eigenvalue weighted by molar-refractivity contribution is 5.29. The second-order valence-corrected chi connectivity index (χ2v) is 4.16. The van der Waals surface area contributed by atoms with Crippen molar-refractivity contribution in [2.24, 2.45) is 0 Å². The van der Waals surface area contributed by atoms with E-state index in [0.29, 0.717) is 6.04 Å². The van der Waals surface area contributed by atoms with Crippen LogP contribution in [0, 0.1) is 0 Å². The molecule has 1 heteroatoms. The summed E-state index contributed by atoms with van der Waals surface area (Å²) in [7, 11) is 0. The lowest BCUT2D eigenvalue weighted by Crippen LogP contribution is -2.04. The molecule has 0 unspecified atom stereocenters. The van der Waals surface area contributed by atoms with Gasteiger partial charge in [0.25, 0.3) is 0 Å². The fraction of sp³-hybridized carbons (Fsp3) is 0.385. The zero-order chi connectivity index (χ0) is 10.1. The van der Waals surface area contributed by atoms with Gasteiger partial charge in [-0.2, -0.15) is 0 Å². The summed E-state index contributed by atoms with van der Waals surface area (Å²) in [5, 5.41) is 0. The van der Waals surface area contributed by atoms with Crippen molar-refractivity contribution < 1.29 is 0 Å². The minimum Gasteiger partial charge on any atom is -0.361 e. The molecule has 1 atom stereocenters. The summed E-state index contributed by atoms with van der Waals surface area (Å²) in [5.74, 6) is 0. The quantitative estimate of drug-likeness (QED) is 0.642. The fourth-order valence-electron chi connectivity index (χ4n) is 1.85. The van der Waals surface area contributed by atoms with Crippen LogP contribution in [0.5, 0.6) is 0 Å². The molecular formula is C13H17N. The SMILES string of the molecule is CC(C)=C1CN1[C@@H](C)c1ccccc1. The molecule has 2 rings (SSSR count). The lowest BCUT2D eigenvalue weighted by molar-refractivity contribution is 0.462. The van der Waals surface area contributed by atoms with Crippen molar-refractivity contribution in [3.63, 3.8) is 0 Å². The van der Waals surface area contributed by atoms with Crippen LogP contribution in [-0.4, -0.2) is 11.4 Å². The lowest BCUT2D eigenvalue weighted by atomic mass is 10.1. The third-order valence-corrected chi connectivity index (χ3v) is 2.89. The van der Waals surface area contributed by atoms with Crippen LogP contribution in [0.3, 0.4) is 0 Å². The zero-order valence-electron chi connectivity index (χ0n) is 9.12. The highest BCUT2D eigenvalue weighted by atomic mass is 15.3. The standard InChI is InChI=1S/C13H17N/c1-10(2)13-9-14(13)11(3)12-7-5-4-6-8-12/h4-8,11H,9H2,1-3H3/t11-,14?/m0/s1. The van der Waals surface area contributed by atoms with Crippen LogP contribution in [0.4, 0.5) is 0 Å². The number of rotatable bonds is 2. The number of allylic oxidation sites excluding steroid dienone is 1. The van der Waals surface area contributed by atoms with E-state index in [1.165, 1.54) is 16.8 Å². The van der Waals surface area contributed by atoms with Crippen molar-refractivity contribution >= 4 is 0 Å². The maximum Gasteiger partial charge on any atom is 0.0582 e. The molecule has 1 aromatic carbocycles. The van der Waals surface area contributed by atoms with Gasteiger partial charge in [-0.3, -0.25) is 0 Å². The van der Waals surface area contributed by atoms with E-state index in [9.17, 15) is 0 Å². The molecule has 0 amide bonds. The molecular weight excluding hydrogens is 170 g/mol. The van der Waals surface area contributed by atoms with Gasteiger partial charge in [0, 0.05) is 5.70 Å². The molecule has 1 aliphatic rings. The van der Waals surface area contributed by atoms with Gasteiger partial charge in [0.2, 0.25) is 0 Å². The zero-order valence-corrected chi connectivity index (χ0v) is 9.12. The number of hydrogen-bond acceptors (Lipinski definition) is 1. The Bertz CT molecular complexity index is 347.